The number of nitrogens with zero attached hydrogens (tertiary/aromatic N) is 2. The zero-order valence-corrected chi connectivity index (χ0v) is 17.8. The molecule has 31 heavy (non-hydrogen) atoms. The summed E-state index contributed by atoms with van der Waals surface area (Å²) in [6, 6.07) is 16.1. The number of benzene rings is 2. The maximum Gasteiger partial charge on any atom is 0.226 e. The average molecular weight is 416 g/mol. The number of anilines is 1. The van der Waals surface area contributed by atoms with Gasteiger partial charge in [0.15, 0.2) is 0 Å². The third-order valence-electron chi connectivity index (χ3n) is 7.43. The minimum atomic E-state index is -0.0329. The summed E-state index contributed by atoms with van der Waals surface area (Å²) < 4.78 is 0. The van der Waals surface area contributed by atoms with Gasteiger partial charge in [-0.25, -0.2) is 0 Å². The molecule has 0 aromatic heterocycles. The molecule has 2 fully saturated rings. The summed E-state index contributed by atoms with van der Waals surface area (Å²) in [6.45, 7) is 0.828. The van der Waals surface area contributed by atoms with E-state index in [1.165, 1.54) is 6.42 Å². The van der Waals surface area contributed by atoms with Crippen LogP contribution >= 0.6 is 0 Å². The van der Waals surface area contributed by atoms with Gasteiger partial charge in [0.2, 0.25) is 5.91 Å². The third kappa shape index (κ3) is 3.59. The molecule has 2 aliphatic heterocycles. The van der Waals surface area contributed by atoms with Gasteiger partial charge in [-0.1, -0.05) is 37.5 Å². The monoisotopic (exact) mass is 415 g/mol. The van der Waals surface area contributed by atoms with Gasteiger partial charge >= 0.3 is 0 Å². The van der Waals surface area contributed by atoms with Crippen LogP contribution in [0.25, 0.3) is 11.1 Å². The predicted octanol–water partition coefficient (Wildman–Crippen LogP) is 4.48. The van der Waals surface area contributed by atoms with Crippen molar-refractivity contribution < 1.29 is 9.90 Å². The van der Waals surface area contributed by atoms with Crippen LogP contribution in [0, 0.1) is 23.2 Å². The molecule has 0 unspecified atom stereocenters. The number of fused-ring (bicyclic) bond motifs is 3. The molecule has 5 nitrogen and oxygen atoms in total. The molecule has 1 aliphatic carbocycles. The molecule has 2 aromatic carbocycles. The van der Waals surface area contributed by atoms with Crippen molar-refractivity contribution in [3.63, 3.8) is 0 Å². The predicted molar refractivity (Wildman–Crippen MR) is 120 cm³/mol. The Kier molecular flexibility index (Phi) is 5.41. The second-order valence-corrected chi connectivity index (χ2v) is 9.19. The second-order valence-electron chi connectivity index (χ2n) is 9.19. The highest BCUT2D eigenvalue weighted by molar-refractivity contribution is 5.81. The Labute approximate surface area is 183 Å². The fourth-order valence-electron chi connectivity index (χ4n) is 5.84. The lowest BCUT2D eigenvalue weighted by atomic mass is 9.81. The van der Waals surface area contributed by atoms with Crippen molar-refractivity contribution in [1.82, 2.24) is 4.90 Å². The lowest BCUT2D eigenvalue weighted by Gasteiger charge is -2.40. The van der Waals surface area contributed by atoms with E-state index in [2.05, 4.69) is 34.5 Å². The number of carbonyl (C=O) groups excluding carboxylic acids is 1. The quantitative estimate of drug-likeness (QED) is 0.775. The van der Waals surface area contributed by atoms with Crippen LogP contribution in [0.4, 0.5) is 5.69 Å². The van der Waals surface area contributed by atoms with E-state index in [0.29, 0.717) is 11.5 Å². The molecule has 5 rings (SSSR count). The number of hydrogen-bond donors (Lipinski definition) is 2. The van der Waals surface area contributed by atoms with Crippen molar-refractivity contribution in [2.24, 2.45) is 11.8 Å². The zero-order chi connectivity index (χ0) is 21.4. The highest BCUT2D eigenvalue weighted by Crippen LogP contribution is 2.48. The number of nitriles is 1. The van der Waals surface area contributed by atoms with Crippen LogP contribution in [0.3, 0.4) is 0 Å². The molecular formula is C26H29N3O2. The Morgan fingerprint density at radius 2 is 1.90 bits per heavy atom. The summed E-state index contributed by atoms with van der Waals surface area (Å²) in [5.74, 6) is 0.660. The van der Waals surface area contributed by atoms with Crippen LogP contribution < -0.4 is 5.32 Å². The average Bonchev–Trinajstić information content (AvgIpc) is 3.29. The number of hydrogen-bond acceptors (Lipinski definition) is 4. The molecule has 3 atom stereocenters. The number of likely N-dealkylation sites (tertiary alicyclic amines) is 1. The van der Waals surface area contributed by atoms with Crippen LogP contribution in [0.15, 0.2) is 42.5 Å². The first-order valence-corrected chi connectivity index (χ1v) is 11.5. The summed E-state index contributed by atoms with van der Waals surface area (Å²) in [5, 5.41) is 22.8. The molecule has 2 N–H and O–H groups in total. The van der Waals surface area contributed by atoms with E-state index in [-0.39, 0.29) is 30.5 Å². The molecule has 3 aliphatic rings. The Morgan fingerprint density at radius 3 is 2.68 bits per heavy atom. The lowest BCUT2D eigenvalue weighted by Crippen LogP contribution is -2.44. The normalized spacial score (nSPS) is 25.3. The van der Waals surface area contributed by atoms with E-state index in [4.69, 9.17) is 0 Å². The number of nitrogens with one attached hydrogen (secondary N) is 1. The highest BCUT2D eigenvalue weighted by atomic mass is 16.3. The number of rotatable bonds is 3. The van der Waals surface area contributed by atoms with Gasteiger partial charge in [0, 0.05) is 24.1 Å². The molecule has 2 aromatic rings. The first-order valence-electron chi connectivity index (χ1n) is 11.5. The Bertz CT molecular complexity index is 1020. The van der Waals surface area contributed by atoms with Crippen LogP contribution in [0.1, 0.15) is 55.7 Å². The van der Waals surface area contributed by atoms with Gasteiger partial charge < -0.3 is 15.3 Å². The van der Waals surface area contributed by atoms with Gasteiger partial charge in [-0.15, -0.1) is 0 Å². The maximum absolute atomic E-state index is 13.5. The summed E-state index contributed by atoms with van der Waals surface area (Å²) in [4.78, 5) is 15.6. The second kappa shape index (κ2) is 8.36. The van der Waals surface area contributed by atoms with Gasteiger partial charge in [0.05, 0.1) is 30.3 Å². The van der Waals surface area contributed by atoms with Crippen molar-refractivity contribution in [2.75, 3.05) is 18.5 Å². The smallest absolute Gasteiger partial charge is 0.226 e. The lowest BCUT2D eigenvalue weighted by molar-refractivity contribution is -0.138. The molecule has 160 valence electrons. The minimum absolute atomic E-state index is 0.00178. The summed E-state index contributed by atoms with van der Waals surface area (Å²) in [7, 11) is 0. The van der Waals surface area contributed by atoms with Crippen LogP contribution in [-0.2, 0) is 4.79 Å². The summed E-state index contributed by atoms with van der Waals surface area (Å²) >= 11 is 0. The van der Waals surface area contributed by atoms with E-state index < -0.39 is 0 Å². The fraction of sp³-hybridized carbons (Fsp3) is 0.462. The Morgan fingerprint density at radius 1 is 1.10 bits per heavy atom. The molecule has 1 amide bonds. The molecule has 5 heteroatoms. The topological polar surface area (TPSA) is 76.4 Å². The maximum atomic E-state index is 13.5. The van der Waals surface area contributed by atoms with Gasteiger partial charge in [0.25, 0.3) is 0 Å². The van der Waals surface area contributed by atoms with Gasteiger partial charge in [-0.05, 0) is 60.2 Å². The van der Waals surface area contributed by atoms with E-state index in [9.17, 15) is 15.2 Å². The largest absolute Gasteiger partial charge is 0.394 e. The molecule has 0 spiro atoms. The van der Waals surface area contributed by atoms with Crippen molar-refractivity contribution in [2.45, 2.75) is 50.6 Å². The number of aliphatic hydroxyl groups excluding tert-OH is 1. The summed E-state index contributed by atoms with van der Waals surface area (Å²) in [5.41, 5.74) is 4.84. The van der Waals surface area contributed by atoms with Gasteiger partial charge in [-0.3, -0.25) is 4.79 Å². The Hall–Kier alpha value is -2.84. The first-order chi connectivity index (χ1) is 15.2. The number of amides is 1. The van der Waals surface area contributed by atoms with Gasteiger partial charge in [0.1, 0.15) is 0 Å². The Balaban J connectivity index is 1.53. The van der Waals surface area contributed by atoms with E-state index in [1.807, 2.05) is 24.3 Å². The van der Waals surface area contributed by atoms with Gasteiger partial charge in [-0.2, -0.15) is 5.26 Å². The van der Waals surface area contributed by atoms with E-state index in [1.54, 1.807) is 0 Å². The zero-order valence-electron chi connectivity index (χ0n) is 17.8. The van der Waals surface area contributed by atoms with Crippen LogP contribution in [0.2, 0.25) is 0 Å². The standard InChI is InChI=1S/C26H29N3O2/c27-15-17-5-4-8-19(13-17)20-9-10-23-22(14-20)25-21(24(16-30)28-23)11-12-29(25)26(31)18-6-2-1-3-7-18/h4-5,8-10,13-14,18,21,24-25,28,30H,1-3,6-7,11-12,16H2/t21-,24-,25-/m0/s1. The van der Waals surface area contributed by atoms with E-state index in [0.717, 1.165) is 61.0 Å². The number of carbonyl (C=O) groups is 1. The highest BCUT2D eigenvalue weighted by Gasteiger charge is 2.46. The SMILES string of the molecule is N#Cc1cccc(-c2ccc3c(c2)[C@@H]2[C@@H](CCN2C(=O)C2CCCCC2)[C@H](CO)N3)c1. The minimum Gasteiger partial charge on any atom is -0.394 e. The van der Waals surface area contributed by atoms with Crippen molar-refractivity contribution in [3.8, 4) is 17.2 Å². The third-order valence-corrected chi connectivity index (χ3v) is 7.43. The number of aliphatic hydroxyl groups is 1. The van der Waals surface area contributed by atoms with Crippen molar-refractivity contribution in [1.29, 1.82) is 5.26 Å². The van der Waals surface area contributed by atoms with Crippen molar-refractivity contribution in [3.05, 3.63) is 53.6 Å². The fourth-order valence-corrected chi connectivity index (χ4v) is 5.84. The molecule has 1 saturated heterocycles. The molecule has 1 saturated carbocycles. The van der Waals surface area contributed by atoms with Crippen LogP contribution in [-0.4, -0.2) is 35.1 Å². The molecule has 0 bridgehead atoms. The molecular weight excluding hydrogens is 386 g/mol. The first kappa shape index (κ1) is 20.1. The van der Waals surface area contributed by atoms with Crippen molar-refractivity contribution >= 4 is 11.6 Å². The van der Waals surface area contributed by atoms with E-state index >= 15 is 0 Å². The van der Waals surface area contributed by atoms with Crippen LogP contribution in [0.5, 0.6) is 0 Å². The molecule has 2 heterocycles. The summed E-state index contributed by atoms with van der Waals surface area (Å²) in [6.07, 6.45) is 6.45. The molecule has 0 radical (unpaired) electrons.